The standard InChI is InChI=1S/C39H32FN3O5/c1-39-30(36(46)43(38(39)48)25-10-6-3-7-11-25)21-29-27(34(39)22-12-19-32(44)31(40)20-22)17-18-28-33(29)37(47)42(35(28)45)26-15-13-24(14-16-26)41-23-8-4-2-5-9-23/h2-17,19-20,28-30,33-34,41,44H,18,21H2,1H3/t28-,29+,30-,33-,34-,39+/m0/s1. The summed E-state index contributed by atoms with van der Waals surface area (Å²) in [5.74, 6) is -6.30. The summed E-state index contributed by atoms with van der Waals surface area (Å²) in [6.45, 7) is 1.75. The first-order chi connectivity index (χ1) is 23.2. The van der Waals surface area contributed by atoms with Crippen LogP contribution in [0, 0.1) is 34.9 Å². The van der Waals surface area contributed by atoms with Gasteiger partial charge in [-0.15, -0.1) is 0 Å². The quantitative estimate of drug-likeness (QED) is 0.185. The van der Waals surface area contributed by atoms with E-state index in [-0.39, 0.29) is 30.6 Å². The number of phenolic OH excluding ortho intramolecular Hbond substituents is 1. The number of para-hydroxylation sites is 2. The molecule has 2 heterocycles. The van der Waals surface area contributed by atoms with Crippen LogP contribution in [-0.4, -0.2) is 28.7 Å². The van der Waals surface area contributed by atoms with Crippen LogP contribution < -0.4 is 15.1 Å². The number of carbonyl (C=O) groups is 4. The molecule has 4 aliphatic rings. The first-order valence-corrected chi connectivity index (χ1v) is 16.1. The molecule has 0 radical (unpaired) electrons. The molecule has 2 N–H and O–H groups in total. The molecule has 48 heavy (non-hydrogen) atoms. The average Bonchev–Trinajstić information content (AvgIpc) is 3.46. The summed E-state index contributed by atoms with van der Waals surface area (Å²) in [5, 5.41) is 13.3. The fraction of sp³-hybridized carbons (Fsp3) is 0.231. The van der Waals surface area contributed by atoms with Gasteiger partial charge in [-0.05, 0) is 91.9 Å². The third-order valence-corrected chi connectivity index (χ3v) is 10.8. The highest BCUT2D eigenvalue weighted by Gasteiger charge is 2.67. The highest BCUT2D eigenvalue weighted by atomic mass is 19.1. The van der Waals surface area contributed by atoms with Crippen LogP contribution in [0.3, 0.4) is 0 Å². The van der Waals surface area contributed by atoms with Gasteiger partial charge in [0.2, 0.25) is 23.6 Å². The van der Waals surface area contributed by atoms with Crippen LogP contribution in [0.4, 0.5) is 27.1 Å². The number of nitrogens with zero attached hydrogens (tertiary/aromatic N) is 2. The molecule has 4 aromatic carbocycles. The molecule has 240 valence electrons. The van der Waals surface area contributed by atoms with Crippen LogP contribution in [0.25, 0.3) is 0 Å². The van der Waals surface area contributed by atoms with Crippen molar-refractivity contribution in [1.29, 1.82) is 0 Å². The van der Waals surface area contributed by atoms with E-state index in [4.69, 9.17) is 0 Å². The number of nitrogens with one attached hydrogen (secondary N) is 1. The highest BCUT2D eigenvalue weighted by Crippen LogP contribution is 2.63. The van der Waals surface area contributed by atoms with E-state index in [1.54, 1.807) is 55.5 Å². The van der Waals surface area contributed by atoms with Crippen LogP contribution in [0.2, 0.25) is 0 Å². The lowest BCUT2D eigenvalue weighted by atomic mass is 9.51. The Bertz CT molecular complexity index is 2010. The Kier molecular flexibility index (Phi) is 6.84. The zero-order valence-corrected chi connectivity index (χ0v) is 26.0. The van der Waals surface area contributed by atoms with Gasteiger partial charge in [-0.25, -0.2) is 9.29 Å². The van der Waals surface area contributed by atoms with Gasteiger partial charge in [0.1, 0.15) is 0 Å². The third-order valence-electron chi connectivity index (χ3n) is 10.8. The predicted molar refractivity (Wildman–Crippen MR) is 178 cm³/mol. The van der Waals surface area contributed by atoms with Gasteiger partial charge in [0.15, 0.2) is 11.6 Å². The van der Waals surface area contributed by atoms with Crippen molar-refractivity contribution in [2.45, 2.75) is 25.7 Å². The number of amides is 4. The Labute approximate surface area is 276 Å². The Morgan fingerprint density at radius 3 is 2.08 bits per heavy atom. The maximum Gasteiger partial charge on any atom is 0.241 e. The molecule has 0 aromatic heterocycles. The molecular weight excluding hydrogens is 609 g/mol. The minimum absolute atomic E-state index is 0.196. The fourth-order valence-corrected chi connectivity index (χ4v) is 8.56. The molecule has 8 nitrogen and oxygen atoms in total. The zero-order valence-electron chi connectivity index (χ0n) is 26.0. The van der Waals surface area contributed by atoms with Crippen molar-refractivity contribution in [3.8, 4) is 5.75 Å². The fourth-order valence-electron chi connectivity index (χ4n) is 8.56. The van der Waals surface area contributed by atoms with E-state index in [9.17, 15) is 28.7 Å². The zero-order chi connectivity index (χ0) is 33.3. The number of rotatable bonds is 5. The molecular formula is C39H32FN3O5. The lowest BCUT2D eigenvalue weighted by Crippen LogP contribution is -2.48. The van der Waals surface area contributed by atoms with Crippen LogP contribution >= 0.6 is 0 Å². The van der Waals surface area contributed by atoms with Crippen molar-refractivity contribution < 1.29 is 28.7 Å². The number of carbonyl (C=O) groups excluding carboxylic acids is 4. The maximum atomic E-state index is 14.9. The van der Waals surface area contributed by atoms with Gasteiger partial charge in [-0.3, -0.25) is 24.1 Å². The highest BCUT2D eigenvalue weighted by molar-refractivity contribution is 6.25. The first kappa shape index (κ1) is 29.8. The Hall–Kier alpha value is -5.57. The maximum absolute atomic E-state index is 14.9. The summed E-state index contributed by atoms with van der Waals surface area (Å²) in [6.07, 6.45) is 2.39. The number of benzene rings is 4. The first-order valence-electron chi connectivity index (χ1n) is 16.1. The number of allylic oxidation sites excluding steroid dienone is 2. The molecule has 6 atom stereocenters. The molecule has 4 aromatic rings. The molecule has 9 heteroatoms. The molecule has 2 aliphatic heterocycles. The lowest BCUT2D eigenvalue weighted by molar-refractivity contribution is -0.131. The summed E-state index contributed by atoms with van der Waals surface area (Å²) in [7, 11) is 0. The molecule has 8 rings (SSSR count). The predicted octanol–water partition coefficient (Wildman–Crippen LogP) is 6.71. The van der Waals surface area contributed by atoms with Gasteiger partial charge >= 0.3 is 0 Å². The van der Waals surface area contributed by atoms with E-state index in [0.29, 0.717) is 16.9 Å². The van der Waals surface area contributed by atoms with E-state index in [0.717, 1.165) is 16.9 Å². The molecule has 4 amide bonds. The molecule has 3 fully saturated rings. The number of hydrogen-bond acceptors (Lipinski definition) is 6. The second-order valence-electron chi connectivity index (χ2n) is 13.3. The van der Waals surface area contributed by atoms with Gasteiger partial charge in [-0.1, -0.05) is 54.1 Å². The SMILES string of the molecule is C[C@@]12C(=O)N(c3ccccc3)C(=O)[C@@H]1C[C@@H]1C(=CC[C@@H]3C(=O)N(c4ccc(Nc5ccccc5)cc4)C(=O)[C@@H]31)[C@@H]2c1ccc(O)c(F)c1. The van der Waals surface area contributed by atoms with Crippen LogP contribution in [-0.2, 0) is 19.2 Å². The Balaban J connectivity index is 1.18. The van der Waals surface area contributed by atoms with Crippen molar-refractivity contribution >= 4 is 46.4 Å². The number of hydrogen-bond donors (Lipinski definition) is 2. The minimum Gasteiger partial charge on any atom is -0.505 e. The smallest absolute Gasteiger partial charge is 0.241 e. The van der Waals surface area contributed by atoms with Gasteiger partial charge in [0, 0.05) is 17.3 Å². The largest absolute Gasteiger partial charge is 0.505 e. The Morgan fingerprint density at radius 2 is 1.40 bits per heavy atom. The van der Waals surface area contributed by atoms with Crippen molar-refractivity contribution in [2.75, 3.05) is 15.1 Å². The van der Waals surface area contributed by atoms with Crippen LogP contribution in [0.5, 0.6) is 5.75 Å². The summed E-state index contributed by atoms with van der Waals surface area (Å²) in [6, 6.07) is 29.5. The van der Waals surface area contributed by atoms with Gasteiger partial charge in [0.25, 0.3) is 0 Å². The number of anilines is 4. The van der Waals surface area contributed by atoms with E-state index < -0.39 is 52.5 Å². The number of fused-ring (bicyclic) bond motifs is 4. The van der Waals surface area contributed by atoms with Gasteiger partial charge < -0.3 is 10.4 Å². The second-order valence-corrected chi connectivity index (χ2v) is 13.3. The van der Waals surface area contributed by atoms with Crippen molar-refractivity contribution in [2.24, 2.45) is 29.1 Å². The normalized spacial score (nSPS) is 27.8. The summed E-state index contributed by atoms with van der Waals surface area (Å²) in [5.41, 5.74) is 2.49. The lowest BCUT2D eigenvalue weighted by Gasteiger charge is -2.49. The summed E-state index contributed by atoms with van der Waals surface area (Å²) >= 11 is 0. The van der Waals surface area contributed by atoms with E-state index in [2.05, 4.69) is 5.32 Å². The van der Waals surface area contributed by atoms with Crippen LogP contribution in [0.1, 0.15) is 31.2 Å². The number of halogens is 1. The molecule has 0 unspecified atom stereocenters. The number of aromatic hydroxyl groups is 1. The topological polar surface area (TPSA) is 107 Å². The molecule has 2 saturated heterocycles. The minimum atomic E-state index is -1.29. The monoisotopic (exact) mass is 641 g/mol. The second kappa shape index (κ2) is 11.0. The summed E-state index contributed by atoms with van der Waals surface area (Å²) < 4.78 is 14.9. The van der Waals surface area contributed by atoms with E-state index in [1.165, 1.54) is 21.9 Å². The van der Waals surface area contributed by atoms with Crippen molar-refractivity contribution in [3.63, 3.8) is 0 Å². The number of phenols is 1. The van der Waals surface area contributed by atoms with Crippen molar-refractivity contribution in [1.82, 2.24) is 0 Å². The van der Waals surface area contributed by atoms with Gasteiger partial charge in [-0.2, -0.15) is 0 Å². The van der Waals surface area contributed by atoms with E-state index in [1.807, 2.05) is 48.5 Å². The molecule has 0 spiro atoms. The Morgan fingerprint density at radius 1 is 0.750 bits per heavy atom. The van der Waals surface area contributed by atoms with Gasteiger partial charge in [0.05, 0.1) is 34.5 Å². The third kappa shape index (κ3) is 4.33. The molecule has 2 aliphatic carbocycles. The number of imide groups is 2. The molecule has 0 bridgehead atoms. The van der Waals surface area contributed by atoms with Crippen molar-refractivity contribution in [3.05, 3.63) is 126 Å². The van der Waals surface area contributed by atoms with E-state index >= 15 is 0 Å². The average molecular weight is 642 g/mol. The molecule has 1 saturated carbocycles. The summed E-state index contributed by atoms with van der Waals surface area (Å²) in [4.78, 5) is 59.4. The van der Waals surface area contributed by atoms with Crippen LogP contribution in [0.15, 0.2) is 115 Å².